The third-order valence-corrected chi connectivity index (χ3v) is 3.79. The first-order valence-corrected chi connectivity index (χ1v) is 7.15. The standard InChI is InChI=1S/C16H25NO2/c1-4-18-12-6-5-7-13(10-12)19-15-11-16(2,3)9-8-14(15)17/h5-7,10,14-15H,4,8-9,11,17H2,1-3H3. The maximum Gasteiger partial charge on any atom is 0.123 e. The van der Waals surface area contributed by atoms with Gasteiger partial charge in [0.1, 0.15) is 17.6 Å². The minimum Gasteiger partial charge on any atom is -0.494 e. The molecule has 0 bridgehead atoms. The van der Waals surface area contributed by atoms with Crippen molar-refractivity contribution in [1.82, 2.24) is 0 Å². The van der Waals surface area contributed by atoms with Crippen LogP contribution in [0.5, 0.6) is 11.5 Å². The highest BCUT2D eigenvalue weighted by atomic mass is 16.5. The van der Waals surface area contributed by atoms with Crippen LogP contribution in [-0.2, 0) is 0 Å². The van der Waals surface area contributed by atoms with Gasteiger partial charge in [-0.3, -0.25) is 0 Å². The van der Waals surface area contributed by atoms with E-state index in [0.29, 0.717) is 12.0 Å². The summed E-state index contributed by atoms with van der Waals surface area (Å²) in [5.41, 5.74) is 6.51. The molecule has 0 radical (unpaired) electrons. The van der Waals surface area contributed by atoms with Crippen LogP contribution in [0.1, 0.15) is 40.0 Å². The van der Waals surface area contributed by atoms with Gasteiger partial charge in [-0.25, -0.2) is 0 Å². The van der Waals surface area contributed by atoms with Crippen LogP contribution in [0.3, 0.4) is 0 Å². The molecule has 0 aliphatic heterocycles. The van der Waals surface area contributed by atoms with Crippen LogP contribution in [-0.4, -0.2) is 18.8 Å². The second-order valence-electron chi connectivity index (χ2n) is 6.14. The van der Waals surface area contributed by atoms with Crippen molar-refractivity contribution >= 4 is 0 Å². The van der Waals surface area contributed by atoms with E-state index >= 15 is 0 Å². The highest BCUT2D eigenvalue weighted by Gasteiger charge is 2.34. The molecule has 1 fully saturated rings. The van der Waals surface area contributed by atoms with E-state index in [0.717, 1.165) is 24.3 Å². The molecule has 0 aromatic heterocycles. The first kappa shape index (κ1) is 14.2. The average molecular weight is 263 g/mol. The van der Waals surface area contributed by atoms with Crippen LogP contribution in [0.25, 0.3) is 0 Å². The summed E-state index contributed by atoms with van der Waals surface area (Å²) in [5, 5.41) is 0. The highest BCUT2D eigenvalue weighted by Crippen LogP contribution is 2.36. The molecule has 3 heteroatoms. The molecule has 1 aromatic carbocycles. The van der Waals surface area contributed by atoms with Gasteiger partial charge in [0.2, 0.25) is 0 Å². The van der Waals surface area contributed by atoms with E-state index in [1.165, 1.54) is 6.42 Å². The number of hydrogen-bond acceptors (Lipinski definition) is 3. The molecule has 2 unspecified atom stereocenters. The number of ether oxygens (including phenoxy) is 2. The lowest BCUT2D eigenvalue weighted by Gasteiger charge is -2.39. The first-order chi connectivity index (χ1) is 9.00. The number of benzene rings is 1. The summed E-state index contributed by atoms with van der Waals surface area (Å²) in [7, 11) is 0. The summed E-state index contributed by atoms with van der Waals surface area (Å²) in [5.74, 6) is 1.70. The van der Waals surface area contributed by atoms with Crippen LogP contribution < -0.4 is 15.2 Å². The molecule has 2 rings (SSSR count). The molecule has 106 valence electrons. The zero-order chi connectivity index (χ0) is 13.9. The number of rotatable bonds is 4. The third kappa shape index (κ3) is 3.87. The van der Waals surface area contributed by atoms with Crippen molar-refractivity contribution in [1.29, 1.82) is 0 Å². The Bertz CT molecular complexity index is 417. The van der Waals surface area contributed by atoms with E-state index in [2.05, 4.69) is 13.8 Å². The Labute approximate surface area is 116 Å². The van der Waals surface area contributed by atoms with Gasteiger partial charge < -0.3 is 15.2 Å². The highest BCUT2D eigenvalue weighted by molar-refractivity contribution is 5.33. The van der Waals surface area contributed by atoms with Crippen molar-refractivity contribution in [3.05, 3.63) is 24.3 Å². The third-order valence-electron chi connectivity index (χ3n) is 3.79. The van der Waals surface area contributed by atoms with Gasteiger partial charge in [-0.15, -0.1) is 0 Å². The van der Waals surface area contributed by atoms with Crippen molar-refractivity contribution in [2.75, 3.05) is 6.61 Å². The van der Waals surface area contributed by atoms with Gasteiger partial charge in [0, 0.05) is 12.1 Å². The Morgan fingerprint density at radius 2 is 2.05 bits per heavy atom. The largest absolute Gasteiger partial charge is 0.494 e. The molecule has 1 aliphatic carbocycles. The Hall–Kier alpha value is -1.22. The van der Waals surface area contributed by atoms with Crippen molar-refractivity contribution in [2.24, 2.45) is 11.1 Å². The zero-order valence-corrected chi connectivity index (χ0v) is 12.2. The molecule has 0 amide bonds. The fraction of sp³-hybridized carbons (Fsp3) is 0.625. The summed E-state index contributed by atoms with van der Waals surface area (Å²) in [6.45, 7) is 7.21. The quantitative estimate of drug-likeness (QED) is 0.905. The molecule has 2 N–H and O–H groups in total. The normalized spacial score (nSPS) is 25.9. The van der Waals surface area contributed by atoms with Crippen molar-refractivity contribution in [2.45, 2.75) is 52.2 Å². The second kappa shape index (κ2) is 5.83. The lowest BCUT2D eigenvalue weighted by atomic mass is 9.74. The molecular formula is C16H25NO2. The smallest absolute Gasteiger partial charge is 0.123 e. The fourth-order valence-electron chi connectivity index (χ4n) is 2.65. The SMILES string of the molecule is CCOc1cccc(OC2CC(C)(C)CCC2N)c1. The molecule has 1 aliphatic rings. The molecule has 1 saturated carbocycles. The predicted octanol–water partition coefficient (Wildman–Crippen LogP) is 3.37. The van der Waals surface area contributed by atoms with Crippen molar-refractivity contribution < 1.29 is 9.47 Å². The van der Waals surface area contributed by atoms with Crippen LogP contribution in [0.4, 0.5) is 0 Å². The van der Waals surface area contributed by atoms with E-state index < -0.39 is 0 Å². The van der Waals surface area contributed by atoms with Gasteiger partial charge in [0.05, 0.1) is 6.61 Å². The minimum absolute atomic E-state index is 0.0978. The first-order valence-electron chi connectivity index (χ1n) is 7.15. The summed E-state index contributed by atoms with van der Waals surface area (Å²) in [6, 6.07) is 7.94. The zero-order valence-electron chi connectivity index (χ0n) is 12.2. The lowest BCUT2D eigenvalue weighted by molar-refractivity contribution is 0.0667. The van der Waals surface area contributed by atoms with E-state index in [9.17, 15) is 0 Å². The second-order valence-corrected chi connectivity index (χ2v) is 6.14. The summed E-state index contributed by atoms with van der Waals surface area (Å²) >= 11 is 0. The van der Waals surface area contributed by atoms with Gasteiger partial charge in [-0.1, -0.05) is 19.9 Å². The van der Waals surface area contributed by atoms with Gasteiger partial charge in [0.25, 0.3) is 0 Å². The molecule has 0 heterocycles. The van der Waals surface area contributed by atoms with Gasteiger partial charge in [-0.2, -0.15) is 0 Å². The van der Waals surface area contributed by atoms with Gasteiger partial charge in [-0.05, 0) is 43.7 Å². The maximum absolute atomic E-state index is 6.19. The Balaban J connectivity index is 2.05. The van der Waals surface area contributed by atoms with Crippen LogP contribution >= 0.6 is 0 Å². The number of nitrogens with two attached hydrogens (primary N) is 1. The van der Waals surface area contributed by atoms with Gasteiger partial charge >= 0.3 is 0 Å². The van der Waals surface area contributed by atoms with Crippen LogP contribution in [0.2, 0.25) is 0 Å². The van der Waals surface area contributed by atoms with E-state index in [-0.39, 0.29) is 12.1 Å². The summed E-state index contributed by atoms with van der Waals surface area (Å²) in [6.07, 6.45) is 3.31. The average Bonchev–Trinajstić information content (AvgIpc) is 2.35. The Morgan fingerprint density at radius 3 is 2.79 bits per heavy atom. The van der Waals surface area contributed by atoms with Crippen LogP contribution in [0, 0.1) is 5.41 Å². The molecule has 1 aromatic rings. The molecule has 3 nitrogen and oxygen atoms in total. The fourth-order valence-corrected chi connectivity index (χ4v) is 2.65. The topological polar surface area (TPSA) is 44.5 Å². The number of hydrogen-bond donors (Lipinski definition) is 1. The summed E-state index contributed by atoms with van der Waals surface area (Å²) < 4.78 is 11.6. The van der Waals surface area contributed by atoms with Gasteiger partial charge in [0.15, 0.2) is 0 Å². The van der Waals surface area contributed by atoms with E-state index in [1.807, 2.05) is 31.2 Å². The molecule has 2 atom stereocenters. The van der Waals surface area contributed by atoms with Crippen molar-refractivity contribution in [3.8, 4) is 11.5 Å². The predicted molar refractivity (Wildman–Crippen MR) is 77.6 cm³/mol. The summed E-state index contributed by atoms with van der Waals surface area (Å²) in [4.78, 5) is 0. The molecule has 0 spiro atoms. The maximum atomic E-state index is 6.19. The molecule has 0 saturated heterocycles. The van der Waals surface area contributed by atoms with Crippen molar-refractivity contribution in [3.63, 3.8) is 0 Å². The van der Waals surface area contributed by atoms with E-state index in [1.54, 1.807) is 0 Å². The molecular weight excluding hydrogens is 238 g/mol. The minimum atomic E-state index is 0.0978. The Kier molecular flexibility index (Phi) is 4.35. The lowest BCUT2D eigenvalue weighted by Crippen LogP contribution is -2.46. The van der Waals surface area contributed by atoms with E-state index in [4.69, 9.17) is 15.2 Å². The monoisotopic (exact) mass is 263 g/mol. The Morgan fingerprint density at radius 1 is 1.32 bits per heavy atom. The van der Waals surface area contributed by atoms with Crippen LogP contribution in [0.15, 0.2) is 24.3 Å². The molecule has 19 heavy (non-hydrogen) atoms.